The molecule has 2 aromatic carbocycles. The number of hydrogen-bond donors (Lipinski definition) is 0. The van der Waals surface area contributed by atoms with Crippen LogP contribution in [0, 0.1) is 0 Å². The van der Waals surface area contributed by atoms with Gasteiger partial charge in [-0.15, -0.1) is 0 Å². The first-order valence-corrected chi connectivity index (χ1v) is 5.58. The molecule has 0 fully saturated rings. The molecule has 2 rings (SSSR count). The number of anilines is 1. The summed E-state index contributed by atoms with van der Waals surface area (Å²) in [5.74, 6) is 0. The van der Waals surface area contributed by atoms with Crippen molar-refractivity contribution in [2.24, 2.45) is 0 Å². The maximum absolute atomic E-state index is 5.86. The zero-order valence-corrected chi connectivity index (χ0v) is 10.2. The maximum Gasteiger partial charge on any atom is 0.0406 e. The summed E-state index contributed by atoms with van der Waals surface area (Å²) in [6.07, 6.45) is 0. The largest absolute Gasteiger partial charge is 0.378 e. The van der Waals surface area contributed by atoms with Gasteiger partial charge in [-0.05, 0) is 35.4 Å². The number of halogens is 1. The van der Waals surface area contributed by atoms with Crippen LogP contribution >= 0.6 is 11.6 Å². The molecule has 82 valence electrons. The maximum atomic E-state index is 5.86. The van der Waals surface area contributed by atoms with Crippen molar-refractivity contribution in [3.63, 3.8) is 0 Å². The molecule has 0 aliphatic carbocycles. The summed E-state index contributed by atoms with van der Waals surface area (Å²) in [4.78, 5) is 2.09. The van der Waals surface area contributed by atoms with Gasteiger partial charge in [-0.25, -0.2) is 0 Å². The van der Waals surface area contributed by atoms with Crippen molar-refractivity contribution >= 4 is 17.3 Å². The van der Waals surface area contributed by atoms with Crippen molar-refractivity contribution in [1.82, 2.24) is 0 Å². The van der Waals surface area contributed by atoms with Crippen molar-refractivity contribution in [1.29, 1.82) is 0 Å². The summed E-state index contributed by atoms with van der Waals surface area (Å²) in [7, 11) is 4.08. The van der Waals surface area contributed by atoms with Gasteiger partial charge in [-0.3, -0.25) is 0 Å². The molecule has 0 saturated heterocycles. The van der Waals surface area contributed by atoms with E-state index in [-0.39, 0.29) is 0 Å². The van der Waals surface area contributed by atoms with Crippen LogP contribution in [0.15, 0.2) is 48.5 Å². The predicted octanol–water partition coefficient (Wildman–Crippen LogP) is 4.07. The van der Waals surface area contributed by atoms with E-state index in [0.717, 1.165) is 5.02 Å². The van der Waals surface area contributed by atoms with Gasteiger partial charge in [0.05, 0.1) is 0 Å². The summed E-state index contributed by atoms with van der Waals surface area (Å²) >= 11 is 5.86. The van der Waals surface area contributed by atoms with E-state index >= 15 is 0 Å². The number of hydrogen-bond acceptors (Lipinski definition) is 1. The zero-order valence-electron chi connectivity index (χ0n) is 9.44. The second-order valence-corrected chi connectivity index (χ2v) is 4.38. The first-order chi connectivity index (χ1) is 7.66. The molecular formula is C14H14ClN. The second-order valence-electron chi connectivity index (χ2n) is 3.95. The van der Waals surface area contributed by atoms with Gasteiger partial charge in [0.15, 0.2) is 0 Å². The third-order valence-corrected chi connectivity index (χ3v) is 2.81. The molecule has 0 radical (unpaired) electrons. The number of benzene rings is 2. The Morgan fingerprint density at radius 3 is 1.62 bits per heavy atom. The first kappa shape index (κ1) is 11.0. The highest BCUT2D eigenvalue weighted by molar-refractivity contribution is 6.30. The third-order valence-electron chi connectivity index (χ3n) is 2.56. The van der Waals surface area contributed by atoms with Crippen LogP contribution in [0.4, 0.5) is 5.69 Å². The smallest absolute Gasteiger partial charge is 0.0406 e. The second kappa shape index (κ2) is 4.58. The van der Waals surface area contributed by atoms with Gasteiger partial charge >= 0.3 is 0 Å². The standard InChI is InChI=1S/C14H14ClN/c1-16(2)14-9-5-12(6-10-14)11-3-7-13(15)8-4-11/h3-10H,1-2H3. The van der Waals surface area contributed by atoms with E-state index in [1.165, 1.54) is 16.8 Å². The Bertz CT molecular complexity index is 457. The highest BCUT2D eigenvalue weighted by atomic mass is 35.5. The van der Waals surface area contributed by atoms with Crippen molar-refractivity contribution in [3.8, 4) is 11.1 Å². The van der Waals surface area contributed by atoms with Crippen LogP contribution in [-0.2, 0) is 0 Å². The van der Waals surface area contributed by atoms with E-state index in [1.54, 1.807) is 0 Å². The minimum Gasteiger partial charge on any atom is -0.378 e. The van der Waals surface area contributed by atoms with E-state index in [2.05, 4.69) is 29.2 Å². The molecule has 0 spiro atoms. The summed E-state index contributed by atoms with van der Waals surface area (Å²) in [6, 6.07) is 16.4. The van der Waals surface area contributed by atoms with Crippen LogP contribution in [0.3, 0.4) is 0 Å². The summed E-state index contributed by atoms with van der Waals surface area (Å²) in [5.41, 5.74) is 3.61. The van der Waals surface area contributed by atoms with Crippen molar-refractivity contribution in [2.45, 2.75) is 0 Å². The van der Waals surface area contributed by atoms with E-state index in [0.29, 0.717) is 0 Å². The molecule has 0 aromatic heterocycles. The molecule has 0 aliphatic rings. The lowest BCUT2D eigenvalue weighted by Gasteiger charge is -2.12. The average molecular weight is 232 g/mol. The molecule has 0 bridgehead atoms. The topological polar surface area (TPSA) is 3.24 Å². The van der Waals surface area contributed by atoms with Gasteiger partial charge in [-0.2, -0.15) is 0 Å². The molecule has 1 nitrogen and oxygen atoms in total. The SMILES string of the molecule is CN(C)c1ccc(-c2ccc(Cl)cc2)cc1. The van der Waals surface area contributed by atoms with Crippen molar-refractivity contribution in [2.75, 3.05) is 19.0 Å². The zero-order chi connectivity index (χ0) is 11.5. The van der Waals surface area contributed by atoms with E-state index in [4.69, 9.17) is 11.6 Å². The fourth-order valence-corrected chi connectivity index (χ4v) is 1.72. The Morgan fingerprint density at radius 1 is 0.750 bits per heavy atom. The molecule has 16 heavy (non-hydrogen) atoms. The van der Waals surface area contributed by atoms with Gasteiger partial charge in [0.1, 0.15) is 0 Å². The van der Waals surface area contributed by atoms with Crippen molar-refractivity contribution < 1.29 is 0 Å². The monoisotopic (exact) mass is 231 g/mol. The quantitative estimate of drug-likeness (QED) is 0.753. The van der Waals surface area contributed by atoms with Crippen LogP contribution in [-0.4, -0.2) is 14.1 Å². The first-order valence-electron chi connectivity index (χ1n) is 5.20. The van der Waals surface area contributed by atoms with Gasteiger partial charge < -0.3 is 4.90 Å². The van der Waals surface area contributed by atoms with Crippen molar-refractivity contribution in [3.05, 3.63) is 53.6 Å². The van der Waals surface area contributed by atoms with Gasteiger partial charge in [0.25, 0.3) is 0 Å². The van der Waals surface area contributed by atoms with E-state index in [1.807, 2.05) is 38.4 Å². The fourth-order valence-electron chi connectivity index (χ4n) is 1.59. The summed E-state index contributed by atoms with van der Waals surface area (Å²) in [5, 5.41) is 0.772. The average Bonchev–Trinajstić information content (AvgIpc) is 2.30. The van der Waals surface area contributed by atoms with Gasteiger partial charge in [0.2, 0.25) is 0 Å². The molecule has 0 heterocycles. The lowest BCUT2D eigenvalue weighted by molar-refractivity contribution is 1.13. The lowest BCUT2D eigenvalue weighted by Crippen LogP contribution is -2.07. The summed E-state index contributed by atoms with van der Waals surface area (Å²) < 4.78 is 0. The van der Waals surface area contributed by atoms with Gasteiger partial charge in [-0.1, -0.05) is 35.9 Å². The fraction of sp³-hybridized carbons (Fsp3) is 0.143. The Labute approximate surface area is 101 Å². The van der Waals surface area contributed by atoms with E-state index < -0.39 is 0 Å². The predicted molar refractivity (Wildman–Crippen MR) is 71.2 cm³/mol. The van der Waals surface area contributed by atoms with Gasteiger partial charge in [0, 0.05) is 24.8 Å². The molecule has 0 aliphatic heterocycles. The van der Waals surface area contributed by atoms with Crippen LogP contribution in [0.25, 0.3) is 11.1 Å². The molecule has 2 heteroatoms. The molecule has 2 aromatic rings. The highest BCUT2D eigenvalue weighted by Crippen LogP contribution is 2.23. The molecule has 0 atom stereocenters. The normalized spacial score (nSPS) is 10.2. The molecule has 0 unspecified atom stereocenters. The highest BCUT2D eigenvalue weighted by Gasteiger charge is 1.98. The molecule has 0 saturated carbocycles. The van der Waals surface area contributed by atoms with Crippen LogP contribution in [0.1, 0.15) is 0 Å². The molecule has 0 N–H and O–H groups in total. The van der Waals surface area contributed by atoms with Crippen LogP contribution in [0.5, 0.6) is 0 Å². The Kier molecular flexibility index (Phi) is 3.16. The molecule has 0 amide bonds. The minimum atomic E-state index is 0.772. The lowest BCUT2D eigenvalue weighted by atomic mass is 10.1. The summed E-state index contributed by atoms with van der Waals surface area (Å²) in [6.45, 7) is 0. The number of rotatable bonds is 2. The third kappa shape index (κ3) is 2.37. The molecular weight excluding hydrogens is 218 g/mol. The Morgan fingerprint density at radius 2 is 1.19 bits per heavy atom. The Balaban J connectivity index is 2.31. The Hall–Kier alpha value is -1.47. The minimum absolute atomic E-state index is 0.772. The van der Waals surface area contributed by atoms with Crippen LogP contribution in [0.2, 0.25) is 5.02 Å². The number of nitrogens with zero attached hydrogens (tertiary/aromatic N) is 1. The van der Waals surface area contributed by atoms with E-state index in [9.17, 15) is 0 Å². The van der Waals surface area contributed by atoms with Crippen LogP contribution < -0.4 is 4.90 Å².